The SMILES string of the molecule is CN=C(NCCCN1CCN(c2ncccn2)CC1)N(C)Cc1ccc(SC)cc1. The molecule has 0 saturated carbocycles. The third kappa shape index (κ3) is 6.60. The van der Waals surface area contributed by atoms with E-state index in [4.69, 9.17) is 0 Å². The number of guanidine groups is 1. The number of piperazine rings is 1. The average Bonchev–Trinajstić information content (AvgIpc) is 2.80. The molecular weight excluding hydrogens is 394 g/mol. The molecule has 1 N–H and O–H groups in total. The number of hydrogen-bond donors (Lipinski definition) is 1. The molecule has 8 heteroatoms. The number of nitrogens with zero attached hydrogens (tertiary/aromatic N) is 6. The van der Waals surface area contributed by atoms with Crippen LogP contribution in [0.3, 0.4) is 0 Å². The molecule has 1 fully saturated rings. The fourth-order valence-electron chi connectivity index (χ4n) is 3.59. The highest BCUT2D eigenvalue weighted by Gasteiger charge is 2.18. The van der Waals surface area contributed by atoms with E-state index in [1.165, 1.54) is 10.5 Å². The van der Waals surface area contributed by atoms with Crippen molar-refractivity contribution in [2.75, 3.05) is 64.5 Å². The van der Waals surface area contributed by atoms with Gasteiger partial charge in [-0.2, -0.15) is 0 Å². The molecule has 1 aliphatic rings. The first-order valence-corrected chi connectivity index (χ1v) is 11.7. The van der Waals surface area contributed by atoms with Crippen LogP contribution in [0.2, 0.25) is 0 Å². The Morgan fingerprint density at radius 1 is 1.13 bits per heavy atom. The van der Waals surface area contributed by atoms with Crippen LogP contribution in [-0.4, -0.2) is 85.3 Å². The highest BCUT2D eigenvalue weighted by atomic mass is 32.2. The number of nitrogens with one attached hydrogen (secondary N) is 1. The lowest BCUT2D eigenvalue weighted by Gasteiger charge is -2.34. The Kier molecular flexibility index (Phi) is 8.77. The van der Waals surface area contributed by atoms with Crippen LogP contribution in [0, 0.1) is 0 Å². The van der Waals surface area contributed by atoms with Gasteiger partial charge in [0, 0.05) is 70.7 Å². The smallest absolute Gasteiger partial charge is 0.225 e. The van der Waals surface area contributed by atoms with E-state index in [0.29, 0.717) is 0 Å². The molecule has 2 heterocycles. The van der Waals surface area contributed by atoms with Gasteiger partial charge in [-0.1, -0.05) is 12.1 Å². The number of thioether (sulfide) groups is 1. The molecule has 3 rings (SSSR count). The van der Waals surface area contributed by atoms with Gasteiger partial charge in [0.2, 0.25) is 5.95 Å². The Morgan fingerprint density at radius 2 is 1.83 bits per heavy atom. The first kappa shape index (κ1) is 22.4. The summed E-state index contributed by atoms with van der Waals surface area (Å²) in [6.45, 7) is 6.93. The van der Waals surface area contributed by atoms with Gasteiger partial charge in [0.15, 0.2) is 5.96 Å². The summed E-state index contributed by atoms with van der Waals surface area (Å²) in [5.41, 5.74) is 1.29. The summed E-state index contributed by atoms with van der Waals surface area (Å²) in [6.07, 6.45) is 6.81. The van der Waals surface area contributed by atoms with Crippen LogP contribution in [0.1, 0.15) is 12.0 Å². The van der Waals surface area contributed by atoms with Gasteiger partial charge in [-0.25, -0.2) is 9.97 Å². The fourth-order valence-corrected chi connectivity index (χ4v) is 4.00. The third-order valence-corrected chi connectivity index (χ3v) is 6.04. The zero-order valence-corrected chi connectivity index (χ0v) is 19.1. The molecule has 0 atom stereocenters. The number of anilines is 1. The lowest BCUT2D eigenvalue weighted by Crippen LogP contribution is -2.47. The minimum atomic E-state index is 0.841. The van der Waals surface area contributed by atoms with E-state index in [9.17, 15) is 0 Å². The second kappa shape index (κ2) is 11.8. The van der Waals surface area contributed by atoms with Crippen LogP contribution in [0.4, 0.5) is 5.95 Å². The van der Waals surface area contributed by atoms with Crippen LogP contribution in [0.25, 0.3) is 0 Å². The lowest BCUT2D eigenvalue weighted by molar-refractivity contribution is 0.254. The zero-order chi connectivity index (χ0) is 21.2. The van der Waals surface area contributed by atoms with Gasteiger partial charge in [0.05, 0.1) is 0 Å². The molecule has 1 saturated heterocycles. The molecule has 2 aromatic rings. The second-order valence-corrected chi connectivity index (χ2v) is 8.29. The van der Waals surface area contributed by atoms with Crippen LogP contribution >= 0.6 is 11.8 Å². The summed E-state index contributed by atoms with van der Waals surface area (Å²) in [5, 5.41) is 3.50. The van der Waals surface area contributed by atoms with E-state index in [1.54, 1.807) is 11.8 Å². The van der Waals surface area contributed by atoms with Crippen LogP contribution in [0.5, 0.6) is 0 Å². The highest BCUT2D eigenvalue weighted by molar-refractivity contribution is 7.98. The number of aromatic nitrogens is 2. The predicted molar refractivity (Wildman–Crippen MR) is 126 cm³/mol. The van der Waals surface area contributed by atoms with Crippen molar-refractivity contribution in [3.63, 3.8) is 0 Å². The predicted octanol–water partition coefficient (Wildman–Crippen LogP) is 2.42. The van der Waals surface area contributed by atoms with Gasteiger partial charge in [0.1, 0.15) is 0 Å². The van der Waals surface area contributed by atoms with Gasteiger partial charge in [-0.15, -0.1) is 11.8 Å². The molecule has 162 valence electrons. The van der Waals surface area contributed by atoms with Crippen molar-refractivity contribution in [2.24, 2.45) is 4.99 Å². The first-order valence-electron chi connectivity index (χ1n) is 10.5. The highest BCUT2D eigenvalue weighted by Crippen LogP contribution is 2.15. The molecule has 30 heavy (non-hydrogen) atoms. The van der Waals surface area contributed by atoms with E-state index < -0.39 is 0 Å². The first-order chi connectivity index (χ1) is 14.7. The second-order valence-electron chi connectivity index (χ2n) is 7.41. The summed E-state index contributed by atoms with van der Waals surface area (Å²) < 4.78 is 0. The van der Waals surface area contributed by atoms with E-state index >= 15 is 0 Å². The molecule has 0 amide bonds. The van der Waals surface area contributed by atoms with Crippen LogP contribution in [-0.2, 0) is 6.54 Å². The zero-order valence-electron chi connectivity index (χ0n) is 18.3. The minimum absolute atomic E-state index is 0.841. The molecule has 1 aromatic carbocycles. The molecule has 1 aromatic heterocycles. The number of rotatable bonds is 8. The van der Waals surface area contributed by atoms with Gasteiger partial charge >= 0.3 is 0 Å². The maximum Gasteiger partial charge on any atom is 0.225 e. The van der Waals surface area contributed by atoms with Crippen molar-refractivity contribution in [2.45, 2.75) is 17.9 Å². The quantitative estimate of drug-likeness (QED) is 0.300. The van der Waals surface area contributed by atoms with Crippen molar-refractivity contribution in [3.05, 3.63) is 48.3 Å². The fraction of sp³-hybridized carbons (Fsp3) is 0.500. The molecule has 7 nitrogen and oxygen atoms in total. The molecule has 0 spiro atoms. The summed E-state index contributed by atoms with van der Waals surface area (Å²) in [5.74, 6) is 1.78. The summed E-state index contributed by atoms with van der Waals surface area (Å²) in [7, 11) is 3.93. The van der Waals surface area contributed by atoms with Gasteiger partial charge in [0.25, 0.3) is 0 Å². The largest absolute Gasteiger partial charge is 0.356 e. The molecule has 0 aliphatic carbocycles. The third-order valence-electron chi connectivity index (χ3n) is 5.29. The molecular formula is C22H33N7S. The maximum atomic E-state index is 4.44. The average molecular weight is 428 g/mol. The van der Waals surface area contributed by atoms with Gasteiger partial charge < -0.3 is 15.1 Å². The Bertz CT molecular complexity index is 774. The van der Waals surface area contributed by atoms with E-state index in [0.717, 1.165) is 64.1 Å². The Morgan fingerprint density at radius 3 is 2.47 bits per heavy atom. The van der Waals surface area contributed by atoms with Crippen molar-refractivity contribution in [1.29, 1.82) is 0 Å². The Balaban J connectivity index is 1.34. The monoisotopic (exact) mass is 427 g/mol. The topological polar surface area (TPSA) is 59.9 Å². The Hall–Kier alpha value is -2.32. The van der Waals surface area contributed by atoms with Crippen molar-refractivity contribution in [3.8, 4) is 0 Å². The molecule has 0 bridgehead atoms. The van der Waals surface area contributed by atoms with Crippen molar-refractivity contribution >= 4 is 23.7 Å². The van der Waals surface area contributed by atoms with E-state index in [-0.39, 0.29) is 0 Å². The number of hydrogen-bond acceptors (Lipinski definition) is 6. The van der Waals surface area contributed by atoms with Crippen molar-refractivity contribution in [1.82, 2.24) is 25.1 Å². The standard InChI is InChI=1S/C22H33N7S/c1-23-21(27(2)18-19-6-8-20(30-3)9-7-19)24-12-5-13-28-14-16-29(17-15-28)22-25-10-4-11-26-22/h4,6-11H,5,12-18H2,1-3H3,(H,23,24). The Labute approximate surface area is 184 Å². The lowest BCUT2D eigenvalue weighted by atomic mass is 10.2. The molecule has 1 aliphatic heterocycles. The summed E-state index contributed by atoms with van der Waals surface area (Å²) in [6, 6.07) is 10.6. The van der Waals surface area contributed by atoms with Crippen molar-refractivity contribution < 1.29 is 0 Å². The number of aliphatic imine (C=N–C) groups is 1. The number of benzene rings is 1. The molecule has 0 unspecified atom stereocenters. The minimum Gasteiger partial charge on any atom is -0.356 e. The van der Waals surface area contributed by atoms with Crippen LogP contribution in [0.15, 0.2) is 52.6 Å². The van der Waals surface area contributed by atoms with Crippen LogP contribution < -0.4 is 10.2 Å². The van der Waals surface area contributed by atoms with E-state index in [1.807, 2.05) is 25.5 Å². The van der Waals surface area contributed by atoms with E-state index in [2.05, 4.69) is 72.5 Å². The summed E-state index contributed by atoms with van der Waals surface area (Å²) >= 11 is 1.77. The summed E-state index contributed by atoms with van der Waals surface area (Å²) in [4.78, 5) is 21.4. The van der Waals surface area contributed by atoms with Gasteiger partial charge in [-0.3, -0.25) is 9.89 Å². The normalized spacial score (nSPS) is 15.3. The van der Waals surface area contributed by atoms with Gasteiger partial charge in [-0.05, 0) is 43.0 Å². The maximum absolute atomic E-state index is 4.44. The molecule has 0 radical (unpaired) electrons.